The van der Waals surface area contributed by atoms with Crippen LogP contribution in [0.1, 0.15) is 5.56 Å². The molecule has 1 aromatic carbocycles. The van der Waals surface area contributed by atoms with E-state index in [1.807, 2.05) is 30.3 Å². The summed E-state index contributed by atoms with van der Waals surface area (Å²) in [6.45, 7) is 0. The van der Waals surface area contributed by atoms with Gasteiger partial charge in [-0.3, -0.25) is 14.5 Å². The number of fused-ring (bicyclic) bond motifs is 1. The van der Waals surface area contributed by atoms with Crippen molar-refractivity contribution in [3.05, 3.63) is 52.7 Å². The van der Waals surface area contributed by atoms with Crippen LogP contribution in [0.2, 0.25) is 0 Å². The molecule has 0 saturated carbocycles. The van der Waals surface area contributed by atoms with Crippen molar-refractivity contribution in [1.82, 2.24) is 19.8 Å². The average Bonchev–Trinajstić information content (AvgIpc) is 3.19. The molecule has 1 unspecified atom stereocenters. The Morgan fingerprint density at radius 3 is 2.79 bits per heavy atom. The molecule has 2 amide bonds. The summed E-state index contributed by atoms with van der Waals surface area (Å²) in [6, 6.07) is 8.52. The molecule has 8 nitrogen and oxygen atoms in total. The zero-order chi connectivity index (χ0) is 19.7. The highest BCUT2D eigenvalue weighted by atomic mass is 32.2. The lowest BCUT2D eigenvalue weighted by Crippen LogP contribution is -2.70. The van der Waals surface area contributed by atoms with Crippen LogP contribution in [0.25, 0.3) is 0 Å². The van der Waals surface area contributed by atoms with E-state index < -0.39 is 23.3 Å². The molecule has 0 radical (unpaired) electrons. The number of β-lactam (4-membered cyclic amide) rings is 1. The van der Waals surface area contributed by atoms with Crippen LogP contribution in [-0.2, 0) is 20.8 Å². The highest BCUT2D eigenvalue weighted by molar-refractivity contribution is 8.07. The lowest BCUT2D eigenvalue weighted by Gasteiger charge is -2.49. The molecule has 2 atom stereocenters. The largest absolute Gasteiger partial charge is 0.477 e. The number of thioether (sulfide) groups is 2. The Kier molecular flexibility index (Phi) is 5.38. The molecule has 3 heterocycles. The molecule has 2 aliphatic rings. The summed E-state index contributed by atoms with van der Waals surface area (Å²) in [5.41, 5.74) is 0.823. The Bertz CT molecular complexity index is 949. The first-order valence-electron chi connectivity index (χ1n) is 8.24. The van der Waals surface area contributed by atoms with Crippen LogP contribution in [0.4, 0.5) is 0 Å². The molecule has 0 spiro atoms. The van der Waals surface area contributed by atoms with Crippen LogP contribution in [0.15, 0.2) is 51.3 Å². The van der Waals surface area contributed by atoms with Crippen LogP contribution in [0.5, 0.6) is 0 Å². The van der Waals surface area contributed by atoms with Gasteiger partial charge in [0.1, 0.15) is 21.3 Å². The third-order valence-electron chi connectivity index (χ3n) is 4.22. The van der Waals surface area contributed by atoms with Crippen LogP contribution in [0.3, 0.4) is 0 Å². The monoisotopic (exact) mass is 434 g/mol. The van der Waals surface area contributed by atoms with Crippen LogP contribution in [0, 0.1) is 0 Å². The number of hydrogen-bond acceptors (Lipinski definition) is 8. The summed E-state index contributed by atoms with van der Waals surface area (Å²) in [6.07, 6.45) is 1.73. The predicted octanol–water partition coefficient (Wildman–Crippen LogP) is 1.57. The summed E-state index contributed by atoms with van der Waals surface area (Å²) < 4.78 is 4.52. The standard InChI is InChI=1S/C17H14N4O4S3/c22-11(6-9-4-2-1-3-5-9)19-13-15(23)21-14(17(24)25)10(8-26-16(13)21)27-12-7-18-20-28-12/h1-5,7,13,16H,6,8H2,(H,19,22)(H,24,25)/t13?,16-/m1/s1. The number of aliphatic carboxylic acids is 1. The molecule has 11 heteroatoms. The summed E-state index contributed by atoms with van der Waals surface area (Å²) in [5, 5.41) is 15.7. The molecule has 1 aromatic heterocycles. The Hall–Kier alpha value is -2.37. The van der Waals surface area contributed by atoms with Crippen LogP contribution < -0.4 is 5.32 Å². The van der Waals surface area contributed by atoms with E-state index in [0.29, 0.717) is 10.7 Å². The van der Waals surface area contributed by atoms with E-state index >= 15 is 0 Å². The Morgan fingerprint density at radius 2 is 2.11 bits per heavy atom. The fraction of sp³-hybridized carbons (Fsp3) is 0.235. The molecule has 1 saturated heterocycles. The topological polar surface area (TPSA) is 112 Å². The number of nitrogens with zero attached hydrogens (tertiary/aromatic N) is 3. The van der Waals surface area contributed by atoms with E-state index in [1.165, 1.54) is 40.0 Å². The average molecular weight is 435 g/mol. The fourth-order valence-electron chi connectivity index (χ4n) is 3.00. The Morgan fingerprint density at radius 1 is 1.32 bits per heavy atom. The van der Waals surface area contributed by atoms with Gasteiger partial charge in [-0.25, -0.2) is 4.79 Å². The number of rotatable bonds is 6. The maximum absolute atomic E-state index is 12.6. The Labute approximate surface area is 172 Å². The van der Waals surface area contributed by atoms with Gasteiger partial charge in [0.15, 0.2) is 0 Å². The highest BCUT2D eigenvalue weighted by Gasteiger charge is 2.54. The molecule has 0 bridgehead atoms. The molecule has 0 aliphatic carbocycles. The SMILES string of the molecule is O=C(Cc1ccccc1)NC1C(=O)N2C(C(=O)O)=C(Sc3cnns3)CS[C@H]12. The zero-order valence-electron chi connectivity index (χ0n) is 14.3. The molecule has 144 valence electrons. The second-order valence-corrected chi connectivity index (χ2v) is 9.32. The number of carboxylic acid groups (broad SMARTS) is 1. The third kappa shape index (κ3) is 3.64. The normalized spacial score (nSPS) is 21.1. The summed E-state index contributed by atoms with van der Waals surface area (Å²) in [5.74, 6) is -1.39. The predicted molar refractivity (Wildman–Crippen MR) is 106 cm³/mol. The maximum atomic E-state index is 12.6. The first-order valence-corrected chi connectivity index (χ1v) is 10.9. The van der Waals surface area contributed by atoms with Gasteiger partial charge in [-0.2, -0.15) is 0 Å². The molecule has 1 fully saturated rings. The van der Waals surface area contributed by atoms with Crippen LogP contribution in [-0.4, -0.2) is 54.5 Å². The number of nitrogens with one attached hydrogen (secondary N) is 1. The summed E-state index contributed by atoms with van der Waals surface area (Å²) >= 11 is 3.86. The first-order chi connectivity index (χ1) is 13.5. The minimum atomic E-state index is -1.16. The van der Waals surface area contributed by atoms with Gasteiger partial charge in [0, 0.05) is 10.7 Å². The number of carbonyl (C=O) groups is 3. The van der Waals surface area contributed by atoms with Crippen molar-refractivity contribution in [2.75, 3.05) is 5.75 Å². The fourth-order valence-corrected chi connectivity index (χ4v) is 6.08. The van der Waals surface area contributed by atoms with Crippen molar-refractivity contribution in [2.24, 2.45) is 0 Å². The summed E-state index contributed by atoms with van der Waals surface area (Å²) in [4.78, 5) is 38.6. The zero-order valence-corrected chi connectivity index (χ0v) is 16.7. The second kappa shape index (κ2) is 7.94. The van der Waals surface area contributed by atoms with E-state index in [4.69, 9.17) is 0 Å². The number of amides is 2. The second-order valence-electron chi connectivity index (χ2n) is 6.03. The molecule has 28 heavy (non-hydrogen) atoms. The molecule has 2 aromatic rings. The van der Waals surface area contributed by atoms with Gasteiger partial charge in [0.2, 0.25) is 5.91 Å². The van der Waals surface area contributed by atoms with E-state index in [1.54, 1.807) is 6.20 Å². The first kappa shape index (κ1) is 19.0. The van der Waals surface area contributed by atoms with E-state index in [9.17, 15) is 19.5 Å². The van der Waals surface area contributed by atoms with Gasteiger partial charge in [-0.15, -0.1) is 16.9 Å². The van der Waals surface area contributed by atoms with E-state index in [0.717, 1.165) is 9.77 Å². The van der Waals surface area contributed by atoms with Crippen molar-refractivity contribution < 1.29 is 19.5 Å². The molecular formula is C17H14N4O4S3. The quantitative estimate of drug-likeness (QED) is 0.659. The minimum absolute atomic E-state index is 0.0271. The van der Waals surface area contributed by atoms with E-state index in [2.05, 4.69) is 14.9 Å². The minimum Gasteiger partial charge on any atom is -0.477 e. The highest BCUT2D eigenvalue weighted by Crippen LogP contribution is 2.45. The number of carbonyl (C=O) groups excluding carboxylic acids is 2. The van der Waals surface area contributed by atoms with Gasteiger partial charge in [-0.1, -0.05) is 46.6 Å². The smallest absolute Gasteiger partial charge is 0.353 e. The van der Waals surface area contributed by atoms with E-state index in [-0.39, 0.29) is 18.0 Å². The molecular weight excluding hydrogens is 420 g/mol. The Balaban J connectivity index is 1.47. The van der Waals surface area contributed by atoms with Crippen molar-refractivity contribution in [2.45, 2.75) is 22.0 Å². The van der Waals surface area contributed by atoms with Gasteiger partial charge in [0.05, 0.1) is 12.6 Å². The molecule has 2 aliphatic heterocycles. The van der Waals surface area contributed by atoms with Crippen molar-refractivity contribution in [3.8, 4) is 0 Å². The van der Waals surface area contributed by atoms with Gasteiger partial charge in [-0.05, 0) is 17.1 Å². The van der Waals surface area contributed by atoms with Gasteiger partial charge < -0.3 is 10.4 Å². The van der Waals surface area contributed by atoms with Crippen molar-refractivity contribution in [3.63, 3.8) is 0 Å². The number of benzene rings is 1. The van der Waals surface area contributed by atoms with Gasteiger partial charge >= 0.3 is 5.97 Å². The molecule has 2 N–H and O–H groups in total. The number of carboxylic acids is 1. The lowest BCUT2D eigenvalue weighted by atomic mass is 10.0. The lowest BCUT2D eigenvalue weighted by molar-refractivity contribution is -0.150. The maximum Gasteiger partial charge on any atom is 0.353 e. The summed E-state index contributed by atoms with van der Waals surface area (Å²) in [7, 11) is 0. The number of aromatic nitrogens is 2. The third-order valence-corrected chi connectivity index (χ3v) is 7.51. The van der Waals surface area contributed by atoms with Crippen molar-refractivity contribution in [1.29, 1.82) is 0 Å². The molecule has 4 rings (SSSR count). The number of hydrogen-bond donors (Lipinski definition) is 2. The van der Waals surface area contributed by atoms with Crippen molar-refractivity contribution >= 4 is 52.8 Å². The van der Waals surface area contributed by atoms with Gasteiger partial charge in [0.25, 0.3) is 5.91 Å². The van der Waals surface area contributed by atoms with Crippen LogP contribution >= 0.6 is 35.1 Å².